The van der Waals surface area contributed by atoms with Crippen LogP contribution in [-0.2, 0) is 0 Å². The number of rotatable bonds is 2. The standard InChI is InChI=1S/C14H14N3O/c1-11-8-9-17(15-11,13-6-4-3-5-7-13)14-10-12(2)18-16-14/h3-10H,1-2H3/q+1. The van der Waals surface area contributed by atoms with Crippen LogP contribution in [0.25, 0.3) is 0 Å². The van der Waals surface area contributed by atoms with Crippen molar-refractivity contribution in [3.63, 3.8) is 0 Å². The molecule has 1 aliphatic heterocycles. The first-order valence-corrected chi connectivity index (χ1v) is 5.85. The molecule has 4 heteroatoms. The van der Waals surface area contributed by atoms with Gasteiger partial charge >= 0.3 is 5.82 Å². The van der Waals surface area contributed by atoms with Crippen molar-refractivity contribution in [2.45, 2.75) is 13.8 Å². The van der Waals surface area contributed by atoms with Gasteiger partial charge in [0.15, 0.2) is 5.69 Å². The third-order valence-corrected chi connectivity index (χ3v) is 2.96. The molecule has 0 bridgehead atoms. The summed E-state index contributed by atoms with van der Waals surface area (Å²) in [4.78, 5) is 0. The highest BCUT2D eigenvalue weighted by atomic mass is 16.5. The van der Waals surface area contributed by atoms with E-state index in [0.29, 0.717) is 0 Å². The fourth-order valence-corrected chi connectivity index (χ4v) is 2.10. The molecule has 18 heavy (non-hydrogen) atoms. The first-order chi connectivity index (χ1) is 8.71. The Morgan fingerprint density at radius 2 is 1.89 bits per heavy atom. The molecular formula is C14H14N3O+. The second-order valence-corrected chi connectivity index (χ2v) is 4.37. The predicted molar refractivity (Wildman–Crippen MR) is 71.4 cm³/mol. The molecule has 90 valence electrons. The Bertz CT molecular complexity index is 627. The minimum absolute atomic E-state index is 0.240. The Kier molecular flexibility index (Phi) is 2.38. The van der Waals surface area contributed by atoms with E-state index in [4.69, 9.17) is 9.62 Å². The molecule has 1 aromatic carbocycles. The third-order valence-electron chi connectivity index (χ3n) is 2.96. The minimum Gasteiger partial charge on any atom is -0.356 e. The molecule has 1 aromatic heterocycles. The smallest absolute Gasteiger partial charge is 0.302 e. The predicted octanol–water partition coefficient (Wildman–Crippen LogP) is 3.53. The molecule has 3 rings (SSSR count). The van der Waals surface area contributed by atoms with Crippen molar-refractivity contribution in [2.75, 3.05) is 0 Å². The largest absolute Gasteiger partial charge is 0.356 e. The van der Waals surface area contributed by atoms with Crippen molar-refractivity contribution in [2.24, 2.45) is 5.10 Å². The molecule has 1 aliphatic rings. The Morgan fingerprint density at radius 3 is 2.44 bits per heavy atom. The summed E-state index contributed by atoms with van der Waals surface area (Å²) in [5, 5.41) is 8.81. The van der Waals surface area contributed by atoms with Crippen LogP contribution in [0.5, 0.6) is 0 Å². The molecule has 1 atom stereocenters. The topological polar surface area (TPSA) is 38.4 Å². The summed E-state index contributed by atoms with van der Waals surface area (Å²) in [5.74, 6) is 1.55. The highest BCUT2D eigenvalue weighted by molar-refractivity contribution is 5.96. The van der Waals surface area contributed by atoms with Crippen molar-refractivity contribution in [1.82, 2.24) is 9.75 Å². The summed E-state index contributed by atoms with van der Waals surface area (Å²) in [6.07, 6.45) is 4.01. The van der Waals surface area contributed by atoms with E-state index in [0.717, 1.165) is 23.0 Å². The highest BCUT2D eigenvalue weighted by Crippen LogP contribution is 2.37. The second-order valence-electron chi connectivity index (χ2n) is 4.37. The van der Waals surface area contributed by atoms with Crippen molar-refractivity contribution < 1.29 is 4.52 Å². The van der Waals surface area contributed by atoms with Crippen molar-refractivity contribution in [3.05, 3.63) is 54.4 Å². The van der Waals surface area contributed by atoms with Crippen molar-refractivity contribution in [1.29, 1.82) is 0 Å². The lowest BCUT2D eigenvalue weighted by Gasteiger charge is -2.21. The zero-order valence-electron chi connectivity index (χ0n) is 10.4. The van der Waals surface area contributed by atoms with E-state index >= 15 is 0 Å². The number of allylic oxidation sites excluding steroid dienone is 1. The number of aryl methyl sites for hydroxylation is 1. The summed E-state index contributed by atoms with van der Waals surface area (Å²) < 4.78 is 5.43. The summed E-state index contributed by atoms with van der Waals surface area (Å²) in [6, 6.07) is 12.0. The minimum atomic E-state index is 0.240. The van der Waals surface area contributed by atoms with Crippen LogP contribution in [0.1, 0.15) is 12.7 Å². The van der Waals surface area contributed by atoms with E-state index in [-0.39, 0.29) is 4.59 Å². The van der Waals surface area contributed by atoms with E-state index in [1.807, 2.05) is 62.5 Å². The molecule has 0 N–H and O–H groups in total. The molecule has 2 aromatic rings. The number of quaternary nitrogens is 1. The Morgan fingerprint density at radius 1 is 1.11 bits per heavy atom. The van der Waals surface area contributed by atoms with Gasteiger partial charge in [0.2, 0.25) is 0 Å². The average molecular weight is 240 g/mol. The van der Waals surface area contributed by atoms with Gasteiger partial charge < -0.3 is 4.52 Å². The third kappa shape index (κ3) is 1.58. The summed E-state index contributed by atoms with van der Waals surface area (Å²) in [5.41, 5.74) is 2.01. The maximum absolute atomic E-state index is 5.19. The van der Waals surface area contributed by atoms with Crippen LogP contribution in [-0.4, -0.2) is 10.9 Å². The van der Waals surface area contributed by atoms with Gasteiger partial charge in [-0.15, -0.1) is 0 Å². The molecule has 4 nitrogen and oxygen atoms in total. The molecule has 0 fully saturated rings. The molecule has 0 saturated carbocycles. The van der Waals surface area contributed by atoms with Gasteiger partial charge in [-0.1, -0.05) is 27.9 Å². The van der Waals surface area contributed by atoms with E-state index in [2.05, 4.69) is 5.16 Å². The monoisotopic (exact) mass is 240 g/mol. The lowest BCUT2D eigenvalue weighted by atomic mass is 10.2. The van der Waals surface area contributed by atoms with E-state index < -0.39 is 0 Å². The summed E-state index contributed by atoms with van der Waals surface area (Å²) in [6.45, 7) is 3.86. The molecule has 2 heterocycles. The van der Waals surface area contributed by atoms with Gasteiger partial charge in [-0.2, -0.15) is 0 Å². The molecule has 0 saturated heterocycles. The van der Waals surface area contributed by atoms with Crippen LogP contribution in [0, 0.1) is 6.92 Å². The van der Waals surface area contributed by atoms with Crippen LogP contribution in [0.2, 0.25) is 0 Å². The fourth-order valence-electron chi connectivity index (χ4n) is 2.10. The van der Waals surface area contributed by atoms with Crippen molar-refractivity contribution >= 4 is 17.2 Å². The quantitative estimate of drug-likeness (QED) is 0.753. The first kappa shape index (κ1) is 10.9. The number of nitrogens with zero attached hydrogens (tertiary/aromatic N) is 3. The molecule has 1 unspecified atom stereocenters. The number of aromatic nitrogens is 1. The van der Waals surface area contributed by atoms with E-state index in [9.17, 15) is 0 Å². The lowest BCUT2D eigenvalue weighted by molar-refractivity contribution is 0.380. The van der Waals surface area contributed by atoms with Crippen molar-refractivity contribution in [3.8, 4) is 0 Å². The average Bonchev–Trinajstić information content (AvgIpc) is 2.98. The molecule has 0 aliphatic carbocycles. The van der Waals surface area contributed by atoms with Gasteiger partial charge in [0.1, 0.15) is 12.0 Å². The van der Waals surface area contributed by atoms with Gasteiger partial charge in [0.25, 0.3) is 0 Å². The van der Waals surface area contributed by atoms with E-state index in [1.165, 1.54) is 0 Å². The number of hydrogen-bond acceptors (Lipinski definition) is 3. The summed E-state index contributed by atoms with van der Waals surface area (Å²) >= 11 is 0. The van der Waals surface area contributed by atoms with Crippen LogP contribution < -0.4 is 4.59 Å². The molecule has 0 radical (unpaired) electrons. The highest BCUT2D eigenvalue weighted by Gasteiger charge is 2.38. The van der Waals surface area contributed by atoms with Crippen LogP contribution in [0.3, 0.4) is 0 Å². The van der Waals surface area contributed by atoms with Gasteiger partial charge in [0.05, 0.1) is 11.8 Å². The maximum atomic E-state index is 5.19. The van der Waals surface area contributed by atoms with Crippen LogP contribution in [0.4, 0.5) is 11.5 Å². The Balaban J connectivity index is 2.21. The molecular weight excluding hydrogens is 226 g/mol. The van der Waals surface area contributed by atoms with Gasteiger partial charge in [-0.05, 0) is 19.0 Å². The van der Waals surface area contributed by atoms with E-state index in [1.54, 1.807) is 0 Å². The number of para-hydroxylation sites is 1. The zero-order chi connectivity index (χ0) is 12.6. The van der Waals surface area contributed by atoms with Gasteiger partial charge in [-0.25, -0.2) is 0 Å². The fraction of sp³-hybridized carbons (Fsp3) is 0.143. The maximum Gasteiger partial charge on any atom is 0.302 e. The van der Waals surface area contributed by atoms with Gasteiger partial charge in [-0.3, -0.25) is 0 Å². The first-order valence-electron chi connectivity index (χ1n) is 5.85. The SMILES string of the molecule is CC1=N[N+](c2ccccc2)(c2cc(C)on2)C=C1. The Hall–Kier alpha value is -2.20. The lowest BCUT2D eigenvalue weighted by Crippen LogP contribution is -2.30. The molecule has 0 spiro atoms. The molecule has 0 amide bonds. The Labute approximate surface area is 105 Å². The van der Waals surface area contributed by atoms with Crippen LogP contribution >= 0.6 is 0 Å². The van der Waals surface area contributed by atoms with Gasteiger partial charge in [0, 0.05) is 18.2 Å². The second kappa shape index (κ2) is 3.92. The normalized spacial score (nSPS) is 22.2. The number of benzene rings is 1. The number of hydrogen-bond donors (Lipinski definition) is 0. The zero-order valence-corrected chi connectivity index (χ0v) is 10.4. The van der Waals surface area contributed by atoms with Crippen LogP contribution in [0.15, 0.2) is 58.3 Å². The summed E-state index contributed by atoms with van der Waals surface area (Å²) in [7, 11) is 0.